The van der Waals surface area contributed by atoms with E-state index in [1.165, 1.54) is 32.1 Å². The Morgan fingerprint density at radius 2 is 1.45 bits per heavy atom. The fraction of sp³-hybridized carbons (Fsp3) is 1.00. The van der Waals surface area contributed by atoms with Gasteiger partial charge in [0.05, 0.1) is 0 Å². The predicted molar refractivity (Wildman–Crippen MR) is 87.6 cm³/mol. The molecule has 7 atom stereocenters. The van der Waals surface area contributed by atoms with Crippen molar-refractivity contribution in [1.82, 2.24) is 0 Å². The Labute approximate surface area is 127 Å². The Balaban J connectivity index is 1.66. The first-order valence-corrected chi connectivity index (χ1v) is 9.70. The van der Waals surface area contributed by atoms with Crippen LogP contribution in [0.4, 0.5) is 0 Å². The van der Waals surface area contributed by atoms with Gasteiger partial charge in [0, 0.05) is 0 Å². The van der Waals surface area contributed by atoms with E-state index >= 15 is 0 Å². The molecule has 0 N–H and O–H groups in total. The molecule has 3 aliphatic carbocycles. The largest absolute Gasteiger partial charge is 0.0651 e. The van der Waals surface area contributed by atoms with Gasteiger partial charge >= 0.3 is 0 Å². The first-order valence-electron chi connectivity index (χ1n) is 9.70. The van der Waals surface area contributed by atoms with Gasteiger partial charge in [-0.05, 0) is 67.1 Å². The third kappa shape index (κ3) is 2.81. The van der Waals surface area contributed by atoms with E-state index < -0.39 is 0 Å². The molecule has 0 aromatic rings. The second-order valence-electron chi connectivity index (χ2n) is 8.56. The van der Waals surface area contributed by atoms with Crippen LogP contribution in [-0.2, 0) is 0 Å². The van der Waals surface area contributed by atoms with Gasteiger partial charge in [-0.15, -0.1) is 0 Å². The molecule has 3 aliphatic rings. The maximum absolute atomic E-state index is 2.57. The highest BCUT2D eigenvalue weighted by Crippen LogP contribution is 2.54. The molecule has 0 bridgehead atoms. The average Bonchev–Trinajstić information content (AvgIpc) is 2.84. The van der Waals surface area contributed by atoms with E-state index in [1.54, 1.807) is 32.1 Å². The first kappa shape index (κ1) is 14.9. The van der Waals surface area contributed by atoms with Crippen molar-refractivity contribution in [3.63, 3.8) is 0 Å². The summed E-state index contributed by atoms with van der Waals surface area (Å²) in [5.74, 6) is 7.48. The third-order valence-electron chi connectivity index (χ3n) is 7.58. The molecule has 116 valence electrons. The lowest BCUT2D eigenvalue weighted by Gasteiger charge is -2.44. The van der Waals surface area contributed by atoms with Gasteiger partial charge in [-0.25, -0.2) is 0 Å². The molecule has 0 spiro atoms. The normalized spacial score (nSPS) is 49.0. The molecule has 3 rings (SSSR count). The van der Waals surface area contributed by atoms with Gasteiger partial charge in [0.25, 0.3) is 0 Å². The second kappa shape index (κ2) is 6.41. The molecule has 0 saturated heterocycles. The maximum Gasteiger partial charge on any atom is -0.0329 e. The summed E-state index contributed by atoms with van der Waals surface area (Å²) in [5, 5.41) is 0. The highest BCUT2D eigenvalue weighted by molar-refractivity contribution is 4.95. The van der Waals surface area contributed by atoms with Crippen LogP contribution in [0.2, 0.25) is 0 Å². The molecule has 0 nitrogen and oxygen atoms in total. The van der Waals surface area contributed by atoms with Crippen LogP contribution in [-0.4, -0.2) is 0 Å². The van der Waals surface area contributed by atoms with Crippen LogP contribution in [0.5, 0.6) is 0 Å². The van der Waals surface area contributed by atoms with E-state index in [9.17, 15) is 0 Å². The van der Waals surface area contributed by atoms with Crippen LogP contribution >= 0.6 is 0 Å². The molecule has 0 heterocycles. The van der Waals surface area contributed by atoms with Crippen LogP contribution in [0.3, 0.4) is 0 Å². The Bertz CT molecular complexity index is 307. The summed E-state index contributed by atoms with van der Waals surface area (Å²) < 4.78 is 0. The molecular formula is C20H36. The van der Waals surface area contributed by atoms with E-state index in [2.05, 4.69) is 20.8 Å². The van der Waals surface area contributed by atoms with Crippen molar-refractivity contribution in [2.75, 3.05) is 0 Å². The zero-order valence-corrected chi connectivity index (χ0v) is 14.1. The highest BCUT2D eigenvalue weighted by Gasteiger charge is 2.45. The molecule has 0 aliphatic heterocycles. The highest BCUT2D eigenvalue weighted by atomic mass is 14.5. The minimum Gasteiger partial charge on any atom is -0.0651 e. The van der Waals surface area contributed by atoms with Crippen LogP contribution in [0.1, 0.15) is 85.0 Å². The summed E-state index contributed by atoms with van der Waals surface area (Å²) in [6, 6.07) is 0. The fourth-order valence-corrected chi connectivity index (χ4v) is 6.38. The zero-order chi connectivity index (χ0) is 14.1. The summed E-state index contributed by atoms with van der Waals surface area (Å²) in [6.07, 6.45) is 15.3. The number of hydrogen-bond donors (Lipinski definition) is 0. The van der Waals surface area contributed by atoms with Crippen LogP contribution in [0, 0.1) is 41.4 Å². The fourth-order valence-electron chi connectivity index (χ4n) is 6.38. The van der Waals surface area contributed by atoms with Crippen molar-refractivity contribution in [3.05, 3.63) is 0 Å². The van der Waals surface area contributed by atoms with Crippen molar-refractivity contribution >= 4 is 0 Å². The van der Waals surface area contributed by atoms with Crippen molar-refractivity contribution in [2.45, 2.75) is 85.0 Å². The Morgan fingerprint density at radius 3 is 2.20 bits per heavy atom. The Morgan fingerprint density at radius 1 is 0.700 bits per heavy atom. The number of fused-ring (bicyclic) bond motifs is 1. The molecule has 0 aromatic carbocycles. The lowest BCUT2D eigenvalue weighted by Crippen LogP contribution is -2.35. The lowest BCUT2D eigenvalue weighted by atomic mass is 9.62. The van der Waals surface area contributed by atoms with E-state index in [4.69, 9.17) is 0 Å². The van der Waals surface area contributed by atoms with Gasteiger partial charge in [0.15, 0.2) is 0 Å². The van der Waals surface area contributed by atoms with Crippen molar-refractivity contribution in [1.29, 1.82) is 0 Å². The van der Waals surface area contributed by atoms with E-state index in [0.717, 1.165) is 41.4 Å². The average molecular weight is 277 g/mol. The monoisotopic (exact) mass is 276 g/mol. The summed E-state index contributed by atoms with van der Waals surface area (Å²) in [7, 11) is 0. The van der Waals surface area contributed by atoms with E-state index in [1.807, 2.05) is 0 Å². The van der Waals surface area contributed by atoms with E-state index in [0.29, 0.717) is 0 Å². The molecule has 3 saturated carbocycles. The Hall–Kier alpha value is 0. The van der Waals surface area contributed by atoms with Crippen molar-refractivity contribution in [3.8, 4) is 0 Å². The second-order valence-corrected chi connectivity index (χ2v) is 8.56. The topological polar surface area (TPSA) is 0 Å². The third-order valence-corrected chi connectivity index (χ3v) is 7.58. The lowest BCUT2D eigenvalue weighted by molar-refractivity contribution is 0.0595. The number of hydrogen-bond acceptors (Lipinski definition) is 0. The van der Waals surface area contributed by atoms with Gasteiger partial charge < -0.3 is 0 Å². The summed E-state index contributed by atoms with van der Waals surface area (Å²) in [4.78, 5) is 0. The number of rotatable bonds is 3. The summed E-state index contributed by atoms with van der Waals surface area (Å²) in [6.45, 7) is 7.55. The van der Waals surface area contributed by atoms with Crippen LogP contribution < -0.4 is 0 Å². The standard InChI is InChI=1S/C20H36/c1-4-16-10-11-18(20-15(3)9-12-19(16)20)13-17-8-6-5-7-14(17)2/h14-20H,4-13H2,1-3H3. The SMILES string of the molecule is CCC1CCC(CC2CCCCC2C)C2C(C)CCC12. The predicted octanol–water partition coefficient (Wildman–Crippen LogP) is 6.30. The molecule has 3 fully saturated rings. The Kier molecular flexibility index (Phi) is 4.78. The van der Waals surface area contributed by atoms with Gasteiger partial charge in [-0.1, -0.05) is 59.3 Å². The first-order chi connectivity index (χ1) is 9.70. The van der Waals surface area contributed by atoms with E-state index in [-0.39, 0.29) is 0 Å². The van der Waals surface area contributed by atoms with Crippen molar-refractivity contribution < 1.29 is 0 Å². The van der Waals surface area contributed by atoms with Crippen LogP contribution in [0.15, 0.2) is 0 Å². The molecule has 7 unspecified atom stereocenters. The molecule has 0 heteroatoms. The molecule has 0 radical (unpaired) electrons. The van der Waals surface area contributed by atoms with Gasteiger partial charge in [-0.2, -0.15) is 0 Å². The van der Waals surface area contributed by atoms with Crippen molar-refractivity contribution in [2.24, 2.45) is 41.4 Å². The van der Waals surface area contributed by atoms with Crippen LogP contribution in [0.25, 0.3) is 0 Å². The quantitative estimate of drug-likeness (QED) is 0.567. The molecule has 20 heavy (non-hydrogen) atoms. The minimum absolute atomic E-state index is 1.02. The smallest absolute Gasteiger partial charge is 0.0329 e. The minimum atomic E-state index is 1.02. The summed E-state index contributed by atoms with van der Waals surface area (Å²) >= 11 is 0. The summed E-state index contributed by atoms with van der Waals surface area (Å²) in [5.41, 5.74) is 0. The van der Waals surface area contributed by atoms with Gasteiger partial charge in [0.1, 0.15) is 0 Å². The molecule has 0 aromatic heterocycles. The van der Waals surface area contributed by atoms with Gasteiger partial charge in [-0.3, -0.25) is 0 Å². The molecule has 0 amide bonds. The maximum atomic E-state index is 2.57. The van der Waals surface area contributed by atoms with Gasteiger partial charge in [0.2, 0.25) is 0 Å². The molecular weight excluding hydrogens is 240 g/mol. The zero-order valence-electron chi connectivity index (χ0n) is 14.1.